The lowest BCUT2D eigenvalue weighted by Crippen LogP contribution is -2.13. The van der Waals surface area contributed by atoms with Crippen molar-refractivity contribution in [3.8, 4) is 0 Å². The molecule has 0 unspecified atom stereocenters. The second-order valence-electron chi connectivity index (χ2n) is 6.37. The molecule has 0 aliphatic carbocycles. The molecule has 7 heteroatoms. The average molecular weight is 370 g/mol. The first-order valence-corrected chi connectivity index (χ1v) is 9.43. The van der Waals surface area contributed by atoms with Crippen LogP contribution in [0.3, 0.4) is 0 Å². The van der Waals surface area contributed by atoms with Crippen molar-refractivity contribution in [1.82, 2.24) is 15.0 Å². The van der Waals surface area contributed by atoms with Gasteiger partial charge in [-0.2, -0.15) is 4.98 Å². The van der Waals surface area contributed by atoms with Crippen LogP contribution in [0.4, 0.5) is 5.95 Å². The molecule has 0 amide bonds. The van der Waals surface area contributed by atoms with Gasteiger partial charge < -0.3 is 10.4 Å². The lowest BCUT2D eigenvalue weighted by molar-refractivity contribution is 0.0946. The summed E-state index contributed by atoms with van der Waals surface area (Å²) in [6, 6.07) is 9.97. The highest BCUT2D eigenvalue weighted by molar-refractivity contribution is 7.18. The number of nitrogens with one attached hydrogen (secondary N) is 1. The first-order valence-electron chi connectivity index (χ1n) is 8.62. The Labute approximate surface area is 156 Å². The number of aromatic nitrogens is 3. The van der Waals surface area contributed by atoms with E-state index in [2.05, 4.69) is 20.3 Å². The van der Waals surface area contributed by atoms with Crippen LogP contribution >= 0.6 is 11.3 Å². The van der Waals surface area contributed by atoms with E-state index in [4.69, 9.17) is 0 Å². The van der Waals surface area contributed by atoms with Crippen LogP contribution in [0.25, 0.3) is 10.3 Å². The van der Waals surface area contributed by atoms with E-state index < -0.39 is 6.10 Å². The normalized spacial score (nSPS) is 13.5. The highest BCUT2D eigenvalue weighted by Crippen LogP contribution is 2.27. The van der Waals surface area contributed by atoms with Gasteiger partial charge in [-0.3, -0.25) is 4.79 Å². The van der Waals surface area contributed by atoms with E-state index >= 15 is 0 Å². The Bertz CT molecular complexity index is 909. The number of carbonyl (C=O) groups excluding carboxylic acids is 1. The molecule has 1 aromatic carbocycles. The molecule has 3 rings (SSSR count). The number of rotatable bonds is 7. The van der Waals surface area contributed by atoms with E-state index in [1.807, 2.05) is 44.2 Å². The number of nitrogens with zero attached hydrogens (tertiary/aromatic N) is 3. The predicted molar refractivity (Wildman–Crippen MR) is 104 cm³/mol. The molecule has 0 spiro atoms. The number of benzene rings is 1. The molecule has 26 heavy (non-hydrogen) atoms. The minimum Gasteiger partial charge on any atom is -0.393 e. The molecular weight excluding hydrogens is 348 g/mol. The van der Waals surface area contributed by atoms with Crippen molar-refractivity contribution in [2.24, 2.45) is 0 Å². The van der Waals surface area contributed by atoms with Crippen LogP contribution in [0.1, 0.15) is 53.8 Å². The lowest BCUT2D eigenvalue weighted by Gasteiger charge is -2.14. The number of anilines is 1. The maximum atomic E-state index is 12.6. The Kier molecular flexibility index (Phi) is 5.58. The molecule has 2 N–H and O–H groups in total. The van der Waals surface area contributed by atoms with Gasteiger partial charge in [-0.25, -0.2) is 9.97 Å². The molecule has 0 saturated heterocycles. The van der Waals surface area contributed by atoms with Crippen LogP contribution in [0.15, 0.2) is 30.3 Å². The van der Waals surface area contributed by atoms with Crippen molar-refractivity contribution >= 4 is 33.4 Å². The summed E-state index contributed by atoms with van der Waals surface area (Å²) in [6.45, 7) is 5.58. The van der Waals surface area contributed by atoms with E-state index in [0.29, 0.717) is 28.4 Å². The van der Waals surface area contributed by atoms with Gasteiger partial charge in [-0.15, -0.1) is 11.3 Å². The molecule has 0 saturated carbocycles. The molecule has 6 nitrogen and oxygen atoms in total. The van der Waals surface area contributed by atoms with Crippen molar-refractivity contribution in [3.05, 3.63) is 46.6 Å². The summed E-state index contributed by atoms with van der Waals surface area (Å²) in [5.41, 5.74) is 2.02. The fourth-order valence-corrected chi connectivity index (χ4v) is 3.52. The molecule has 2 aromatic heterocycles. The summed E-state index contributed by atoms with van der Waals surface area (Å²) >= 11 is 1.42. The summed E-state index contributed by atoms with van der Waals surface area (Å²) in [6.07, 6.45) is 0.134. The number of Topliss-reactive ketones (excluding diaryl/α,β-unsaturated/α-hetero) is 1. The van der Waals surface area contributed by atoms with Crippen molar-refractivity contribution in [3.63, 3.8) is 0 Å². The number of hydrogen-bond donors (Lipinski definition) is 2. The van der Waals surface area contributed by atoms with E-state index in [0.717, 1.165) is 10.6 Å². The molecule has 2 atom stereocenters. The molecule has 136 valence electrons. The van der Waals surface area contributed by atoms with Gasteiger partial charge >= 0.3 is 0 Å². The highest BCUT2D eigenvalue weighted by atomic mass is 32.1. The van der Waals surface area contributed by atoms with Crippen molar-refractivity contribution < 1.29 is 9.90 Å². The zero-order chi connectivity index (χ0) is 18.7. The standard InChI is InChI=1S/C19H22N4O2S/c1-11(24)9-10-15(25)16-17-18(21-13(3)26-17)23-19(22-16)20-12(2)14-7-5-4-6-8-14/h4-8,11-12,24H,9-10H2,1-3H3,(H,20,22,23)/t11-,12+/m1/s1. The smallest absolute Gasteiger partial charge is 0.225 e. The molecule has 0 aliphatic rings. The van der Waals surface area contributed by atoms with Gasteiger partial charge in [0, 0.05) is 6.42 Å². The summed E-state index contributed by atoms with van der Waals surface area (Å²) in [5.74, 6) is 0.289. The summed E-state index contributed by atoms with van der Waals surface area (Å²) in [4.78, 5) is 26.0. The summed E-state index contributed by atoms with van der Waals surface area (Å²) in [7, 11) is 0. The fourth-order valence-electron chi connectivity index (χ4n) is 2.66. The third-order valence-electron chi connectivity index (χ3n) is 4.06. The number of aryl methyl sites for hydroxylation is 1. The van der Waals surface area contributed by atoms with Gasteiger partial charge in [0.25, 0.3) is 0 Å². The Morgan fingerprint density at radius 1 is 1.19 bits per heavy atom. The second kappa shape index (κ2) is 7.88. The maximum absolute atomic E-state index is 12.6. The lowest BCUT2D eigenvalue weighted by atomic mass is 10.1. The number of aliphatic hydroxyl groups is 1. The molecule has 0 radical (unpaired) electrons. The van der Waals surface area contributed by atoms with Crippen molar-refractivity contribution in [2.75, 3.05) is 5.32 Å². The van der Waals surface area contributed by atoms with Crippen LogP contribution in [0.5, 0.6) is 0 Å². The van der Waals surface area contributed by atoms with Gasteiger partial charge in [0.05, 0.1) is 17.2 Å². The molecular formula is C19H22N4O2S. The summed E-state index contributed by atoms with van der Waals surface area (Å²) in [5, 5.41) is 13.6. The third-order valence-corrected chi connectivity index (χ3v) is 5.03. The van der Waals surface area contributed by atoms with Crippen LogP contribution in [0, 0.1) is 6.92 Å². The fraction of sp³-hybridized carbons (Fsp3) is 0.368. The zero-order valence-electron chi connectivity index (χ0n) is 15.1. The molecule has 0 fully saturated rings. The van der Waals surface area contributed by atoms with E-state index in [1.165, 1.54) is 11.3 Å². The molecule has 0 bridgehead atoms. The number of fused-ring (bicyclic) bond motifs is 1. The predicted octanol–water partition coefficient (Wildman–Crippen LogP) is 3.91. The third kappa shape index (κ3) is 4.23. The quantitative estimate of drug-likeness (QED) is 0.613. The van der Waals surface area contributed by atoms with Crippen LogP contribution < -0.4 is 5.32 Å². The first-order chi connectivity index (χ1) is 12.4. The second-order valence-corrected chi connectivity index (χ2v) is 7.57. The average Bonchev–Trinajstić information content (AvgIpc) is 2.99. The van der Waals surface area contributed by atoms with Crippen LogP contribution in [-0.2, 0) is 0 Å². The number of carbonyl (C=O) groups is 1. The zero-order valence-corrected chi connectivity index (χ0v) is 15.9. The maximum Gasteiger partial charge on any atom is 0.225 e. The van der Waals surface area contributed by atoms with Gasteiger partial charge in [-0.05, 0) is 32.8 Å². The number of aliphatic hydroxyl groups excluding tert-OH is 1. The van der Waals surface area contributed by atoms with E-state index in [9.17, 15) is 9.90 Å². The Morgan fingerprint density at radius 2 is 1.92 bits per heavy atom. The highest BCUT2D eigenvalue weighted by Gasteiger charge is 2.19. The Morgan fingerprint density at radius 3 is 2.62 bits per heavy atom. The van der Waals surface area contributed by atoms with Gasteiger partial charge in [0.15, 0.2) is 11.4 Å². The Hall–Kier alpha value is -2.38. The first kappa shape index (κ1) is 18.4. The SMILES string of the molecule is Cc1nc2nc(N[C@@H](C)c3ccccc3)nc(C(=O)CC[C@@H](C)O)c2s1. The molecule has 0 aliphatic heterocycles. The summed E-state index contributed by atoms with van der Waals surface area (Å²) < 4.78 is 0.705. The topological polar surface area (TPSA) is 88.0 Å². The van der Waals surface area contributed by atoms with E-state index in [-0.39, 0.29) is 18.2 Å². The van der Waals surface area contributed by atoms with E-state index in [1.54, 1.807) is 6.92 Å². The monoisotopic (exact) mass is 370 g/mol. The number of thiazole rings is 1. The van der Waals surface area contributed by atoms with Crippen LogP contribution in [-0.4, -0.2) is 31.9 Å². The molecule has 2 heterocycles. The Balaban J connectivity index is 1.92. The van der Waals surface area contributed by atoms with Gasteiger partial charge in [0.2, 0.25) is 5.95 Å². The number of ketones is 1. The van der Waals surface area contributed by atoms with Gasteiger partial charge in [-0.1, -0.05) is 30.3 Å². The molecule has 3 aromatic rings. The minimum absolute atomic E-state index is 0.00574. The van der Waals surface area contributed by atoms with Gasteiger partial charge in [0.1, 0.15) is 10.4 Å². The minimum atomic E-state index is -0.518. The number of hydrogen-bond acceptors (Lipinski definition) is 7. The van der Waals surface area contributed by atoms with Crippen LogP contribution in [0.2, 0.25) is 0 Å². The largest absolute Gasteiger partial charge is 0.393 e. The van der Waals surface area contributed by atoms with Crippen molar-refractivity contribution in [1.29, 1.82) is 0 Å². The van der Waals surface area contributed by atoms with Crippen molar-refractivity contribution in [2.45, 2.75) is 45.8 Å².